The van der Waals surface area contributed by atoms with E-state index < -0.39 is 0 Å². The van der Waals surface area contributed by atoms with Crippen LogP contribution in [0.3, 0.4) is 0 Å². The molecular formula is C16H24ClN5O. The van der Waals surface area contributed by atoms with Crippen LogP contribution in [-0.2, 0) is 13.6 Å². The molecule has 0 aromatic carbocycles. The Morgan fingerprint density at radius 2 is 2.22 bits per heavy atom. The van der Waals surface area contributed by atoms with Gasteiger partial charge in [-0.3, -0.25) is 9.88 Å². The lowest BCUT2D eigenvalue weighted by atomic mass is 10.1. The average molecular weight is 338 g/mol. The van der Waals surface area contributed by atoms with Gasteiger partial charge in [0.25, 0.3) is 0 Å². The maximum atomic E-state index is 5.36. The molecule has 0 spiro atoms. The van der Waals surface area contributed by atoms with Gasteiger partial charge < -0.3 is 14.6 Å². The number of rotatable bonds is 4. The molecule has 0 radical (unpaired) electrons. The number of hydrogen-bond acceptors (Lipinski definition) is 5. The summed E-state index contributed by atoms with van der Waals surface area (Å²) in [6.07, 6.45) is 3.85. The Kier molecular flexibility index (Phi) is 5.98. The minimum absolute atomic E-state index is 0. The standard InChI is InChI=1S/C16H23N5O.ClH/c1-12-8-14(22-3)9-13(19-12)11-21-7-4-17-10-15(21)16-18-5-6-20(16)2;/h5-6,8-9,15,17H,4,7,10-11H2,1-3H3;1H. The summed E-state index contributed by atoms with van der Waals surface area (Å²) in [4.78, 5) is 11.6. The van der Waals surface area contributed by atoms with Gasteiger partial charge in [0.1, 0.15) is 11.6 Å². The molecule has 1 aliphatic heterocycles. The van der Waals surface area contributed by atoms with Crippen molar-refractivity contribution in [2.24, 2.45) is 7.05 Å². The summed E-state index contributed by atoms with van der Waals surface area (Å²) in [6.45, 7) is 5.68. The third kappa shape index (κ3) is 4.02. The Morgan fingerprint density at radius 3 is 2.91 bits per heavy atom. The number of halogens is 1. The zero-order valence-corrected chi connectivity index (χ0v) is 14.6. The van der Waals surface area contributed by atoms with Crippen molar-refractivity contribution >= 4 is 12.4 Å². The van der Waals surface area contributed by atoms with Gasteiger partial charge in [-0.2, -0.15) is 0 Å². The van der Waals surface area contributed by atoms with E-state index in [1.165, 1.54) is 0 Å². The van der Waals surface area contributed by atoms with Gasteiger partial charge in [-0.25, -0.2) is 4.98 Å². The maximum absolute atomic E-state index is 5.36. The molecule has 1 saturated heterocycles. The largest absolute Gasteiger partial charge is 0.497 e. The van der Waals surface area contributed by atoms with Crippen LogP contribution in [0, 0.1) is 6.92 Å². The molecular weight excluding hydrogens is 314 g/mol. The summed E-state index contributed by atoms with van der Waals surface area (Å²) >= 11 is 0. The van der Waals surface area contributed by atoms with Crippen LogP contribution >= 0.6 is 12.4 Å². The zero-order chi connectivity index (χ0) is 15.5. The summed E-state index contributed by atoms with van der Waals surface area (Å²) in [7, 11) is 3.74. The van der Waals surface area contributed by atoms with Crippen LogP contribution in [0.2, 0.25) is 0 Å². The number of nitrogens with one attached hydrogen (secondary N) is 1. The first-order valence-electron chi connectivity index (χ1n) is 7.61. The van der Waals surface area contributed by atoms with E-state index in [0.717, 1.165) is 49.1 Å². The quantitative estimate of drug-likeness (QED) is 0.920. The zero-order valence-electron chi connectivity index (χ0n) is 13.8. The van der Waals surface area contributed by atoms with Crippen LogP contribution in [0.4, 0.5) is 0 Å². The molecule has 3 rings (SSSR count). The Balaban J connectivity index is 0.00000192. The van der Waals surface area contributed by atoms with Gasteiger partial charge in [0.2, 0.25) is 0 Å². The summed E-state index contributed by atoms with van der Waals surface area (Å²) in [5.41, 5.74) is 2.02. The number of methoxy groups -OCH3 is 1. The molecule has 126 valence electrons. The monoisotopic (exact) mass is 337 g/mol. The molecule has 1 N–H and O–H groups in total. The highest BCUT2D eigenvalue weighted by atomic mass is 35.5. The number of imidazole rings is 1. The summed E-state index contributed by atoms with van der Waals surface area (Å²) in [5, 5.41) is 3.46. The number of nitrogens with zero attached hydrogens (tertiary/aromatic N) is 4. The van der Waals surface area contributed by atoms with Gasteiger partial charge in [-0.05, 0) is 6.92 Å². The fraction of sp³-hybridized carbons (Fsp3) is 0.500. The summed E-state index contributed by atoms with van der Waals surface area (Å²) in [5.74, 6) is 1.96. The number of aromatic nitrogens is 3. The molecule has 2 aromatic heterocycles. The SMILES string of the molecule is COc1cc(C)nc(CN2CCNCC2c2nccn2C)c1.Cl. The Hall–Kier alpha value is -1.63. The fourth-order valence-electron chi connectivity index (χ4n) is 3.00. The third-order valence-electron chi connectivity index (χ3n) is 4.09. The van der Waals surface area contributed by atoms with Crippen molar-refractivity contribution in [1.29, 1.82) is 0 Å². The number of aryl methyl sites for hydroxylation is 2. The Labute approximate surface area is 143 Å². The van der Waals surface area contributed by atoms with Crippen molar-refractivity contribution in [2.75, 3.05) is 26.7 Å². The molecule has 2 aromatic rings. The van der Waals surface area contributed by atoms with Crippen molar-refractivity contribution in [2.45, 2.75) is 19.5 Å². The van der Waals surface area contributed by atoms with Gasteiger partial charge in [0, 0.05) is 63.4 Å². The molecule has 6 nitrogen and oxygen atoms in total. The second kappa shape index (κ2) is 7.77. The van der Waals surface area contributed by atoms with Gasteiger partial charge >= 0.3 is 0 Å². The van der Waals surface area contributed by atoms with Gasteiger partial charge in [0.15, 0.2) is 0 Å². The number of piperazine rings is 1. The summed E-state index contributed by atoms with van der Waals surface area (Å²) < 4.78 is 7.45. The smallest absolute Gasteiger partial charge is 0.127 e. The van der Waals surface area contributed by atoms with E-state index in [1.54, 1.807) is 7.11 Å². The first-order valence-corrected chi connectivity index (χ1v) is 7.61. The normalized spacial score (nSPS) is 18.5. The van der Waals surface area contributed by atoms with Crippen molar-refractivity contribution < 1.29 is 4.74 Å². The maximum Gasteiger partial charge on any atom is 0.127 e. The van der Waals surface area contributed by atoms with Gasteiger partial charge in [-0.15, -0.1) is 12.4 Å². The Bertz CT molecular complexity index is 645. The number of ether oxygens (including phenoxy) is 1. The molecule has 7 heteroatoms. The van der Waals surface area contributed by atoms with Crippen molar-refractivity contribution in [3.05, 3.63) is 41.7 Å². The Morgan fingerprint density at radius 1 is 1.39 bits per heavy atom. The van der Waals surface area contributed by atoms with Gasteiger partial charge in [-0.1, -0.05) is 0 Å². The minimum Gasteiger partial charge on any atom is -0.497 e. The third-order valence-corrected chi connectivity index (χ3v) is 4.09. The molecule has 0 aliphatic carbocycles. The molecule has 1 atom stereocenters. The lowest BCUT2D eigenvalue weighted by Gasteiger charge is -2.35. The van der Waals surface area contributed by atoms with E-state index in [1.807, 2.05) is 38.5 Å². The molecule has 23 heavy (non-hydrogen) atoms. The van der Waals surface area contributed by atoms with Gasteiger partial charge in [0.05, 0.1) is 18.8 Å². The highest BCUT2D eigenvalue weighted by Crippen LogP contribution is 2.23. The lowest BCUT2D eigenvalue weighted by Crippen LogP contribution is -2.46. The van der Waals surface area contributed by atoms with Crippen LogP contribution in [0.5, 0.6) is 5.75 Å². The van der Waals surface area contributed by atoms with Crippen molar-refractivity contribution in [1.82, 2.24) is 24.8 Å². The van der Waals surface area contributed by atoms with Crippen LogP contribution in [0.25, 0.3) is 0 Å². The molecule has 0 bridgehead atoms. The second-order valence-electron chi connectivity index (χ2n) is 5.73. The van der Waals surface area contributed by atoms with Crippen LogP contribution in [-0.4, -0.2) is 46.2 Å². The van der Waals surface area contributed by atoms with Crippen molar-refractivity contribution in [3.63, 3.8) is 0 Å². The lowest BCUT2D eigenvalue weighted by molar-refractivity contribution is 0.143. The predicted molar refractivity (Wildman–Crippen MR) is 92.0 cm³/mol. The molecule has 1 aliphatic rings. The van der Waals surface area contributed by atoms with E-state index in [0.29, 0.717) is 0 Å². The van der Waals surface area contributed by atoms with E-state index in [-0.39, 0.29) is 18.4 Å². The molecule has 1 unspecified atom stereocenters. The van der Waals surface area contributed by atoms with E-state index in [4.69, 9.17) is 4.74 Å². The first kappa shape index (κ1) is 17.7. The van der Waals surface area contributed by atoms with Crippen LogP contribution < -0.4 is 10.1 Å². The highest BCUT2D eigenvalue weighted by Gasteiger charge is 2.27. The number of pyridine rings is 1. The molecule has 0 saturated carbocycles. The summed E-state index contributed by atoms with van der Waals surface area (Å²) in [6, 6.07) is 4.24. The fourth-order valence-corrected chi connectivity index (χ4v) is 3.00. The predicted octanol–water partition coefficient (Wildman–Crippen LogP) is 1.70. The minimum atomic E-state index is 0. The molecule has 3 heterocycles. The topological polar surface area (TPSA) is 55.2 Å². The van der Waals surface area contributed by atoms with E-state index in [2.05, 4.69) is 24.8 Å². The first-order chi connectivity index (χ1) is 10.7. The highest BCUT2D eigenvalue weighted by molar-refractivity contribution is 5.85. The van der Waals surface area contributed by atoms with Crippen LogP contribution in [0.1, 0.15) is 23.3 Å². The number of hydrogen-bond donors (Lipinski definition) is 1. The average Bonchev–Trinajstić information content (AvgIpc) is 2.93. The van der Waals surface area contributed by atoms with E-state index in [9.17, 15) is 0 Å². The van der Waals surface area contributed by atoms with Crippen LogP contribution in [0.15, 0.2) is 24.5 Å². The molecule has 1 fully saturated rings. The second-order valence-corrected chi connectivity index (χ2v) is 5.73. The molecule has 0 amide bonds. The van der Waals surface area contributed by atoms with E-state index >= 15 is 0 Å². The van der Waals surface area contributed by atoms with Crippen molar-refractivity contribution in [3.8, 4) is 5.75 Å².